The molecule has 2 aliphatic rings. The molecule has 1 fully saturated rings. The van der Waals surface area contributed by atoms with E-state index in [-0.39, 0.29) is 6.42 Å². The molecular weight excluding hydrogens is 144 g/mol. The molecule has 0 radical (unpaired) electrons. The maximum atomic E-state index is 10.9. The van der Waals surface area contributed by atoms with Gasteiger partial charge < -0.3 is 9.84 Å². The zero-order valence-corrected chi connectivity index (χ0v) is 5.91. The highest BCUT2D eigenvalue weighted by Gasteiger charge is 2.40. The number of aliphatic hydroxyl groups excluding tert-OH is 1. The molecule has 1 saturated heterocycles. The molecule has 0 aromatic carbocycles. The van der Waals surface area contributed by atoms with Gasteiger partial charge in [0, 0.05) is 21.1 Å². The lowest BCUT2D eigenvalue weighted by Crippen LogP contribution is -2.17. The molecule has 1 aliphatic heterocycles. The third-order valence-electron chi connectivity index (χ3n) is 1.99. The molecule has 0 saturated carbocycles. The van der Waals surface area contributed by atoms with Crippen molar-refractivity contribution in [3.05, 3.63) is 12.2 Å². The van der Waals surface area contributed by atoms with Crippen molar-refractivity contribution in [3.8, 4) is 0 Å². The second-order valence-corrected chi connectivity index (χ2v) is 2.65. The molecule has 0 amide bonds. The fraction of sp³-hybridized carbons (Fsp3) is 0.625. The Balaban J connectivity index is 2.38. The summed E-state index contributed by atoms with van der Waals surface area (Å²) in [6.45, 7) is -0.458. The summed E-state index contributed by atoms with van der Waals surface area (Å²) in [6, 6.07) is 0. The number of carbonyl (C=O) groups excluding carboxylic acids is 1. The fourth-order valence-electron chi connectivity index (χ4n) is 1.43. The van der Waals surface area contributed by atoms with E-state index >= 15 is 0 Å². The molecule has 1 aliphatic carbocycles. The molecule has 3 heteroatoms. The standard InChI is InChI=1S/C8H10O3/c9-4-5-1-2-7-6(5)3-8(10)11-7/h1-2,5-7,9H,3-4H2/t5-,6+,7-/m0/s1/i5D,6D. The van der Waals surface area contributed by atoms with Crippen molar-refractivity contribution < 1.29 is 17.4 Å². The van der Waals surface area contributed by atoms with Crippen LogP contribution in [0.25, 0.3) is 0 Å². The zero-order valence-electron chi connectivity index (χ0n) is 7.91. The topological polar surface area (TPSA) is 46.5 Å². The minimum atomic E-state index is -1.40. The molecule has 0 bridgehead atoms. The van der Waals surface area contributed by atoms with Crippen molar-refractivity contribution in [2.45, 2.75) is 12.5 Å². The number of fused-ring (bicyclic) bond motifs is 1. The van der Waals surface area contributed by atoms with Crippen molar-refractivity contribution >= 4 is 5.97 Å². The lowest BCUT2D eigenvalue weighted by atomic mass is 9.93. The summed E-state index contributed by atoms with van der Waals surface area (Å²) >= 11 is 0. The molecule has 11 heavy (non-hydrogen) atoms. The summed E-state index contributed by atoms with van der Waals surface area (Å²) in [4.78, 5) is 10.9. The zero-order chi connectivity index (χ0) is 9.69. The van der Waals surface area contributed by atoms with Crippen LogP contribution < -0.4 is 0 Å². The third kappa shape index (κ3) is 0.959. The molecule has 1 N–H and O–H groups in total. The van der Waals surface area contributed by atoms with E-state index in [9.17, 15) is 4.79 Å². The Morgan fingerprint density at radius 3 is 3.36 bits per heavy atom. The molecule has 1 heterocycles. The molecule has 0 aromatic rings. The van der Waals surface area contributed by atoms with Gasteiger partial charge in [0.1, 0.15) is 6.10 Å². The Morgan fingerprint density at radius 2 is 2.64 bits per heavy atom. The van der Waals surface area contributed by atoms with E-state index in [0.29, 0.717) is 0 Å². The van der Waals surface area contributed by atoms with Gasteiger partial charge in [0.2, 0.25) is 0 Å². The van der Waals surface area contributed by atoms with Crippen molar-refractivity contribution in [2.24, 2.45) is 11.8 Å². The molecule has 3 nitrogen and oxygen atoms in total. The second-order valence-electron chi connectivity index (χ2n) is 2.65. The first kappa shape index (κ1) is 4.93. The van der Waals surface area contributed by atoms with Crippen LogP contribution in [0.2, 0.25) is 0 Å². The Kier molecular flexibility index (Phi) is 1.05. The van der Waals surface area contributed by atoms with Gasteiger partial charge in [-0.05, 0) is 6.08 Å². The summed E-state index contributed by atoms with van der Waals surface area (Å²) in [7, 11) is 0. The maximum absolute atomic E-state index is 10.9. The van der Waals surface area contributed by atoms with Crippen LogP contribution in [0, 0.1) is 11.8 Å². The Labute approximate surface area is 67.5 Å². The minimum absolute atomic E-state index is 0.116. The average Bonchev–Trinajstić information content (AvgIpc) is 2.48. The monoisotopic (exact) mass is 156 g/mol. The van der Waals surface area contributed by atoms with E-state index in [0.717, 1.165) is 0 Å². The van der Waals surface area contributed by atoms with Gasteiger partial charge in [-0.2, -0.15) is 0 Å². The molecule has 3 atom stereocenters. The predicted molar refractivity (Wildman–Crippen MR) is 37.7 cm³/mol. The van der Waals surface area contributed by atoms with Gasteiger partial charge >= 0.3 is 5.97 Å². The summed E-state index contributed by atoms with van der Waals surface area (Å²) in [5, 5.41) is 9.00. The summed E-state index contributed by atoms with van der Waals surface area (Å²) in [5.74, 6) is -3.20. The first-order valence-corrected chi connectivity index (χ1v) is 3.51. The van der Waals surface area contributed by atoms with Crippen LogP contribution in [0.5, 0.6) is 0 Å². The molecule has 0 aromatic heterocycles. The van der Waals surface area contributed by atoms with Crippen LogP contribution in [-0.2, 0) is 9.53 Å². The van der Waals surface area contributed by atoms with E-state index in [4.69, 9.17) is 12.6 Å². The van der Waals surface area contributed by atoms with Gasteiger partial charge in [0.15, 0.2) is 0 Å². The van der Waals surface area contributed by atoms with E-state index in [1.807, 2.05) is 0 Å². The van der Waals surface area contributed by atoms with Gasteiger partial charge in [-0.1, -0.05) is 6.08 Å². The third-order valence-corrected chi connectivity index (χ3v) is 1.99. The van der Waals surface area contributed by atoms with Crippen molar-refractivity contribution in [2.75, 3.05) is 6.61 Å². The largest absolute Gasteiger partial charge is 0.458 e. The highest BCUT2D eigenvalue weighted by atomic mass is 16.5. The van der Waals surface area contributed by atoms with E-state index in [2.05, 4.69) is 0 Å². The molecule has 0 unspecified atom stereocenters. The summed E-state index contributed by atoms with van der Waals surface area (Å²) in [6.07, 6.45) is 2.18. The number of rotatable bonds is 1. The van der Waals surface area contributed by atoms with Gasteiger partial charge in [-0.3, -0.25) is 4.79 Å². The van der Waals surface area contributed by atoms with Crippen molar-refractivity contribution in [1.29, 1.82) is 0 Å². The van der Waals surface area contributed by atoms with Crippen LogP contribution in [0.1, 0.15) is 9.16 Å². The van der Waals surface area contributed by atoms with Crippen molar-refractivity contribution in [1.82, 2.24) is 0 Å². The van der Waals surface area contributed by atoms with Gasteiger partial charge in [0.05, 0.1) is 6.42 Å². The molecule has 0 spiro atoms. The van der Waals surface area contributed by atoms with Crippen LogP contribution >= 0.6 is 0 Å². The number of ether oxygens (including phenoxy) is 1. The number of hydrogen-bond acceptors (Lipinski definition) is 3. The lowest BCUT2D eigenvalue weighted by Gasteiger charge is -2.11. The van der Waals surface area contributed by atoms with Crippen LogP contribution in [-0.4, -0.2) is 23.8 Å². The SMILES string of the molecule is [2H][C@@]1(CO)C=C[C@@H]2OC(=O)C[C@@]21[2H]. The summed E-state index contributed by atoms with van der Waals surface area (Å²) in [5.41, 5.74) is 0. The smallest absolute Gasteiger partial charge is 0.306 e. The quantitative estimate of drug-likeness (QED) is 0.432. The molecule has 2 rings (SSSR count). The minimum Gasteiger partial charge on any atom is -0.458 e. The van der Waals surface area contributed by atoms with Crippen molar-refractivity contribution in [3.63, 3.8) is 0 Å². The van der Waals surface area contributed by atoms with Gasteiger partial charge in [-0.15, -0.1) is 0 Å². The fourth-order valence-corrected chi connectivity index (χ4v) is 1.43. The first-order chi connectivity index (χ1) is 6.02. The second kappa shape index (κ2) is 2.34. The van der Waals surface area contributed by atoms with E-state index < -0.39 is 30.5 Å². The number of hydrogen-bond donors (Lipinski definition) is 1. The number of carbonyl (C=O) groups is 1. The molecule has 60 valence electrons. The lowest BCUT2D eigenvalue weighted by molar-refractivity contribution is -0.140. The highest BCUT2D eigenvalue weighted by Crippen LogP contribution is 2.35. The Hall–Kier alpha value is -0.830. The Bertz CT molecular complexity index is 291. The normalized spacial score (nSPS) is 56.8. The first-order valence-electron chi connectivity index (χ1n) is 4.51. The Morgan fingerprint density at radius 1 is 1.82 bits per heavy atom. The van der Waals surface area contributed by atoms with Gasteiger partial charge in [0.25, 0.3) is 0 Å². The van der Waals surface area contributed by atoms with Crippen LogP contribution in [0.3, 0.4) is 0 Å². The van der Waals surface area contributed by atoms with Gasteiger partial charge in [-0.25, -0.2) is 0 Å². The van der Waals surface area contributed by atoms with E-state index in [1.165, 1.54) is 12.2 Å². The molecular formula is C8H10O3. The number of aliphatic hydroxyl groups is 1. The predicted octanol–water partition coefficient (Wildman–Crippen LogP) is 0.0964. The van der Waals surface area contributed by atoms with E-state index in [1.54, 1.807) is 0 Å². The number of esters is 1. The maximum Gasteiger partial charge on any atom is 0.306 e. The van der Waals surface area contributed by atoms with Crippen LogP contribution in [0.15, 0.2) is 12.2 Å². The summed E-state index contributed by atoms with van der Waals surface area (Å²) < 4.78 is 20.6. The average molecular weight is 156 g/mol. The highest BCUT2D eigenvalue weighted by molar-refractivity contribution is 5.73. The van der Waals surface area contributed by atoms with Crippen LogP contribution in [0.4, 0.5) is 0 Å².